The Morgan fingerprint density at radius 3 is 2.63 bits per heavy atom. The van der Waals surface area contributed by atoms with Crippen LogP contribution in [0.2, 0.25) is 0 Å². The van der Waals surface area contributed by atoms with E-state index in [4.69, 9.17) is 0 Å². The van der Waals surface area contributed by atoms with Crippen LogP contribution in [0.5, 0.6) is 0 Å². The number of piperidine rings is 1. The van der Waals surface area contributed by atoms with E-state index in [1.807, 2.05) is 6.92 Å². The maximum absolute atomic E-state index is 13.2. The van der Waals surface area contributed by atoms with Gasteiger partial charge in [0.05, 0.1) is 10.9 Å². The predicted octanol–water partition coefficient (Wildman–Crippen LogP) is 1.91. The topological polar surface area (TPSA) is 109 Å². The summed E-state index contributed by atoms with van der Waals surface area (Å²) in [4.78, 5) is 45.2. The maximum atomic E-state index is 13.2. The zero-order chi connectivity index (χ0) is 20.6. The second-order valence-corrected chi connectivity index (χ2v) is 8.72. The summed E-state index contributed by atoms with van der Waals surface area (Å²) in [6.07, 6.45) is 4.75. The van der Waals surface area contributed by atoms with Gasteiger partial charge in [0.1, 0.15) is 0 Å². The van der Waals surface area contributed by atoms with Crippen LogP contribution in [0.15, 0.2) is 15.7 Å². The number of amides is 1. The quantitative estimate of drug-likeness (QED) is 0.642. The van der Waals surface area contributed by atoms with Gasteiger partial charge in [-0.05, 0) is 56.7 Å². The summed E-state index contributed by atoms with van der Waals surface area (Å²) in [6, 6.07) is 1.75. The van der Waals surface area contributed by atoms with E-state index < -0.39 is 11.2 Å². The lowest BCUT2D eigenvalue weighted by Crippen LogP contribution is -2.43. The van der Waals surface area contributed by atoms with Crippen molar-refractivity contribution in [3.8, 4) is 0 Å². The minimum atomic E-state index is -0.551. The first kappa shape index (κ1) is 22.5. The molecule has 2 aliphatic rings. The molecule has 1 saturated heterocycles. The van der Waals surface area contributed by atoms with Gasteiger partial charge >= 0.3 is 5.69 Å². The standard InChI is InChI=1S/C21H29N5O3.ClH/c1-3-10-26-17-16(19(28)25-20(26)29)14(11-15(24-17)13-4-5-13)18(27)23-12-21(2)6-8-22-9-7-21;/h11,13,22H,3-10,12H2,1-2H3,(H,23,27)(H,25,28,29);1H. The number of hydrogen-bond acceptors (Lipinski definition) is 5. The molecule has 2 fully saturated rings. The van der Waals surface area contributed by atoms with Crippen LogP contribution in [0.3, 0.4) is 0 Å². The van der Waals surface area contributed by atoms with E-state index in [2.05, 4.69) is 27.5 Å². The lowest BCUT2D eigenvalue weighted by molar-refractivity contribution is 0.0923. The fourth-order valence-electron chi connectivity index (χ4n) is 4.09. The number of halogens is 1. The van der Waals surface area contributed by atoms with Gasteiger partial charge in [0.2, 0.25) is 0 Å². The Kier molecular flexibility index (Phi) is 6.67. The zero-order valence-corrected chi connectivity index (χ0v) is 18.4. The molecule has 3 N–H and O–H groups in total. The molecule has 0 spiro atoms. The lowest BCUT2D eigenvalue weighted by Gasteiger charge is -2.34. The molecule has 2 aromatic heterocycles. The van der Waals surface area contributed by atoms with Gasteiger partial charge in [0, 0.05) is 24.7 Å². The number of aromatic nitrogens is 3. The Morgan fingerprint density at radius 1 is 1.30 bits per heavy atom. The molecule has 1 aliphatic heterocycles. The average molecular weight is 436 g/mol. The van der Waals surface area contributed by atoms with Crippen LogP contribution < -0.4 is 21.9 Å². The highest BCUT2D eigenvalue weighted by Gasteiger charge is 2.30. The summed E-state index contributed by atoms with van der Waals surface area (Å²) >= 11 is 0. The van der Waals surface area contributed by atoms with E-state index in [1.54, 1.807) is 6.07 Å². The minimum absolute atomic E-state index is 0. The van der Waals surface area contributed by atoms with Gasteiger partial charge in [0.15, 0.2) is 5.65 Å². The summed E-state index contributed by atoms with van der Waals surface area (Å²) in [5.41, 5.74) is 0.456. The van der Waals surface area contributed by atoms with E-state index in [1.165, 1.54) is 4.57 Å². The van der Waals surface area contributed by atoms with Crippen molar-refractivity contribution in [3.05, 3.63) is 38.2 Å². The number of rotatable bonds is 6. The van der Waals surface area contributed by atoms with Crippen LogP contribution >= 0.6 is 12.4 Å². The molecular formula is C21H30ClN5O3. The monoisotopic (exact) mass is 435 g/mol. The third kappa shape index (κ3) is 4.44. The molecule has 164 valence electrons. The number of pyridine rings is 1. The molecule has 2 aromatic rings. The highest BCUT2D eigenvalue weighted by atomic mass is 35.5. The summed E-state index contributed by atoms with van der Waals surface area (Å²) in [5, 5.41) is 6.59. The number of aromatic amines is 1. The average Bonchev–Trinajstić information content (AvgIpc) is 3.54. The number of carbonyl (C=O) groups is 1. The van der Waals surface area contributed by atoms with Gasteiger partial charge < -0.3 is 10.6 Å². The number of fused-ring (bicyclic) bond motifs is 1. The molecule has 0 aromatic carbocycles. The lowest BCUT2D eigenvalue weighted by atomic mass is 9.81. The van der Waals surface area contributed by atoms with Crippen molar-refractivity contribution in [2.45, 2.75) is 58.4 Å². The Balaban J connectivity index is 0.00000256. The van der Waals surface area contributed by atoms with Gasteiger partial charge in [-0.2, -0.15) is 0 Å². The molecule has 0 bridgehead atoms. The van der Waals surface area contributed by atoms with Crippen LogP contribution in [0.4, 0.5) is 0 Å². The third-order valence-corrected chi connectivity index (χ3v) is 6.14. The summed E-state index contributed by atoms with van der Waals surface area (Å²) in [7, 11) is 0. The normalized spacial score (nSPS) is 18.1. The number of hydrogen-bond donors (Lipinski definition) is 3. The second kappa shape index (κ2) is 8.89. The summed E-state index contributed by atoms with van der Waals surface area (Å²) < 4.78 is 1.48. The summed E-state index contributed by atoms with van der Waals surface area (Å²) in [6.45, 7) is 7.03. The third-order valence-electron chi connectivity index (χ3n) is 6.14. The zero-order valence-electron chi connectivity index (χ0n) is 17.5. The first-order chi connectivity index (χ1) is 13.9. The van der Waals surface area contributed by atoms with Crippen molar-refractivity contribution in [1.82, 2.24) is 25.2 Å². The fraction of sp³-hybridized carbons (Fsp3) is 0.619. The van der Waals surface area contributed by atoms with Crippen LogP contribution in [0.25, 0.3) is 11.0 Å². The Hall–Kier alpha value is -2.19. The molecule has 9 heteroatoms. The van der Waals surface area contributed by atoms with Gasteiger partial charge in [-0.25, -0.2) is 9.78 Å². The smallest absolute Gasteiger partial charge is 0.329 e. The van der Waals surface area contributed by atoms with Crippen LogP contribution in [-0.4, -0.2) is 40.1 Å². The molecule has 30 heavy (non-hydrogen) atoms. The summed E-state index contributed by atoms with van der Waals surface area (Å²) in [5.74, 6) is 0.0311. The first-order valence-electron chi connectivity index (χ1n) is 10.6. The van der Waals surface area contributed by atoms with E-state index >= 15 is 0 Å². The van der Waals surface area contributed by atoms with Crippen molar-refractivity contribution >= 4 is 29.3 Å². The Labute approximate surface area is 181 Å². The largest absolute Gasteiger partial charge is 0.351 e. The number of nitrogens with one attached hydrogen (secondary N) is 3. The van der Waals surface area contributed by atoms with E-state index in [0.717, 1.165) is 50.9 Å². The number of aryl methyl sites for hydroxylation is 1. The highest BCUT2D eigenvalue weighted by molar-refractivity contribution is 6.05. The van der Waals surface area contributed by atoms with Gasteiger partial charge in [-0.15, -0.1) is 12.4 Å². The van der Waals surface area contributed by atoms with Crippen LogP contribution in [0.1, 0.15) is 67.9 Å². The van der Waals surface area contributed by atoms with Gasteiger partial charge in [-0.3, -0.25) is 19.1 Å². The molecule has 1 aliphatic carbocycles. The highest BCUT2D eigenvalue weighted by Crippen LogP contribution is 2.40. The van der Waals surface area contributed by atoms with Gasteiger partial charge in [-0.1, -0.05) is 13.8 Å². The van der Waals surface area contributed by atoms with Crippen molar-refractivity contribution in [2.75, 3.05) is 19.6 Å². The van der Waals surface area contributed by atoms with Crippen molar-refractivity contribution in [1.29, 1.82) is 0 Å². The predicted molar refractivity (Wildman–Crippen MR) is 119 cm³/mol. The van der Waals surface area contributed by atoms with Crippen molar-refractivity contribution in [3.63, 3.8) is 0 Å². The van der Waals surface area contributed by atoms with E-state index in [0.29, 0.717) is 30.2 Å². The number of carbonyl (C=O) groups excluding carboxylic acids is 1. The molecule has 0 radical (unpaired) electrons. The fourth-order valence-corrected chi connectivity index (χ4v) is 4.09. The van der Waals surface area contributed by atoms with E-state index in [9.17, 15) is 14.4 Å². The SMILES string of the molecule is CCCn1c(=O)[nH]c(=O)c2c(C(=O)NCC3(C)CCNCC3)cc(C3CC3)nc21.Cl. The van der Waals surface area contributed by atoms with Crippen LogP contribution in [-0.2, 0) is 6.54 Å². The molecule has 0 unspecified atom stereocenters. The molecule has 4 rings (SSSR count). The molecular weight excluding hydrogens is 406 g/mol. The molecule has 0 atom stereocenters. The van der Waals surface area contributed by atoms with Crippen molar-refractivity contribution < 1.29 is 4.79 Å². The Bertz CT molecular complexity index is 1050. The van der Waals surface area contributed by atoms with Gasteiger partial charge in [0.25, 0.3) is 11.5 Å². The second-order valence-electron chi connectivity index (χ2n) is 8.72. The van der Waals surface area contributed by atoms with Crippen LogP contribution in [0, 0.1) is 5.41 Å². The molecule has 1 saturated carbocycles. The number of nitrogens with zero attached hydrogens (tertiary/aromatic N) is 2. The minimum Gasteiger partial charge on any atom is -0.351 e. The Morgan fingerprint density at radius 2 is 2.00 bits per heavy atom. The molecule has 8 nitrogen and oxygen atoms in total. The van der Waals surface area contributed by atoms with Crippen molar-refractivity contribution in [2.24, 2.45) is 5.41 Å². The maximum Gasteiger partial charge on any atom is 0.329 e. The molecule has 1 amide bonds. The first-order valence-corrected chi connectivity index (χ1v) is 10.6. The van der Waals surface area contributed by atoms with E-state index in [-0.39, 0.29) is 29.1 Å². The molecule has 3 heterocycles. The number of H-pyrrole nitrogens is 1.